The molecule has 2 N–H and O–H groups in total. The smallest absolute Gasteiger partial charge is 0.329 e. The van der Waals surface area contributed by atoms with E-state index in [0.717, 1.165) is 25.7 Å². The minimum absolute atomic E-state index is 0.0905. The number of hydrogen-bond donors (Lipinski definition) is 2. The summed E-state index contributed by atoms with van der Waals surface area (Å²) in [5, 5.41) is 11.4. The highest BCUT2D eigenvalue weighted by Gasteiger charge is 2.47. The molecule has 0 spiro atoms. The Labute approximate surface area is 158 Å². The molecule has 3 unspecified atom stereocenters. The zero-order valence-electron chi connectivity index (χ0n) is 15.3. The number of carboxylic acid groups (broad SMARTS) is 1. The molecular formula is C20H26N2O5. The molecule has 2 amide bonds. The van der Waals surface area contributed by atoms with Gasteiger partial charge < -0.3 is 20.1 Å². The Bertz CT molecular complexity index is 678. The van der Waals surface area contributed by atoms with Crippen LogP contribution in [0.25, 0.3) is 0 Å². The second kappa shape index (κ2) is 8.99. The number of rotatable bonds is 7. The molecule has 1 aliphatic heterocycles. The second-order valence-corrected chi connectivity index (χ2v) is 7.18. The van der Waals surface area contributed by atoms with Crippen LogP contribution in [0.1, 0.15) is 42.5 Å². The van der Waals surface area contributed by atoms with Gasteiger partial charge in [-0.1, -0.05) is 31.0 Å². The third kappa shape index (κ3) is 4.66. The van der Waals surface area contributed by atoms with Crippen molar-refractivity contribution in [2.24, 2.45) is 5.92 Å². The van der Waals surface area contributed by atoms with Gasteiger partial charge in [-0.05, 0) is 37.3 Å². The summed E-state index contributed by atoms with van der Waals surface area (Å²) in [6.07, 6.45) is 4.90. The molecule has 2 fully saturated rings. The number of likely N-dealkylation sites (tertiary alicyclic amines) is 1. The van der Waals surface area contributed by atoms with Crippen molar-refractivity contribution in [2.45, 2.75) is 44.2 Å². The number of nitrogens with zero attached hydrogens (tertiary/aromatic N) is 1. The van der Waals surface area contributed by atoms with E-state index in [0.29, 0.717) is 17.9 Å². The number of carbonyl (C=O) groups excluding carboxylic acids is 2. The van der Waals surface area contributed by atoms with E-state index < -0.39 is 12.0 Å². The molecule has 1 aromatic carbocycles. The zero-order chi connectivity index (χ0) is 19.2. The largest absolute Gasteiger partial charge is 0.480 e. The molecule has 146 valence electrons. The average molecular weight is 374 g/mol. The minimum atomic E-state index is -1.04. The number of carbonyl (C=O) groups is 3. The molecule has 1 saturated heterocycles. The van der Waals surface area contributed by atoms with Crippen LogP contribution in [0.2, 0.25) is 0 Å². The van der Waals surface area contributed by atoms with E-state index in [1.807, 2.05) is 18.2 Å². The molecule has 2 aliphatic rings. The van der Waals surface area contributed by atoms with Gasteiger partial charge in [0.2, 0.25) is 5.91 Å². The van der Waals surface area contributed by atoms with Crippen LogP contribution < -0.4 is 5.32 Å². The first kappa shape index (κ1) is 19.4. The van der Waals surface area contributed by atoms with Crippen LogP contribution in [0.3, 0.4) is 0 Å². The fraction of sp³-hybridized carbons (Fsp3) is 0.550. The Morgan fingerprint density at radius 3 is 2.63 bits per heavy atom. The number of nitrogens with one attached hydrogen (secondary N) is 1. The third-order valence-corrected chi connectivity index (χ3v) is 5.42. The van der Waals surface area contributed by atoms with Crippen LogP contribution in [-0.4, -0.2) is 59.6 Å². The van der Waals surface area contributed by atoms with E-state index in [-0.39, 0.29) is 37.6 Å². The molecule has 27 heavy (non-hydrogen) atoms. The fourth-order valence-corrected chi connectivity index (χ4v) is 4.24. The quantitative estimate of drug-likeness (QED) is 0.708. The van der Waals surface area contributed by atoms with Crippen molar-refractivity contribution in [2.75, 3.05) is 19.8 Å². The predicted molar refractivity (Wildman–Crippen MR) is 98.2 cm³/mol. The highest BCUT2D eigenvalue weighted by molar-refractivity contribution is 5.98. The van der Waals surface area contributed by atoms with Gasteiger partial charge in [0.1, 0.15) is 12.6 Å². The Hall–Kier alpha value is -2.41. The summed E-state index contributed by atoms with van der Waals surface area (Å²) in [6.45, 7) is -0.0301. The van der Waals surface area contributed by atoms with E-state index in [4.69, 9.17) is 9.84 Å². The molecular weight excluding hydrogens is 348 g/mol. The summed E-state index contributed by atoms with van der Waals surface area (Å²) in [4.78, 5) is 38.1. The van der Waals surface area contributed by atoms with Crippen LogP contribution in [0.15, 0.2) is 30.3 Å². The van der Waals surface area contributed by atoms with Crippen molar-refractivity contribution in [1.82, 2.24) is 10.2 Å². The maximum Gasteiger partial charge on any atom is 0.329 e. The van der Waals surface area contributed by atoms with E-state index >= 15 is 0 Å². The van der Waals surface area contributed by atoms with Crippen molar-refractivity contribution in [3.8, 4) is 0 Å². The standard InChI is InChI=1S/C20H26N2O5/c23-18(24)13-27-11-10-21-19(25)17-12-15-8-4-5-9-16(15)22(17)20(26)14-6-2-1-3-7-14/h1-3,6-7,15-17H,4-5,8-13H2,(H,21,25)(H,23,24). The van der Waals surface area contributed by atoms with Gasteiger partial charge in [0.25, 0.3) is 5.91 Å². The van der Waals surface area contributed by atoms with Gasteiger partial charge in [0, 0.05) is 18.2 Å². The van der Waals surface area contributed by atoms with E-state index in [1.165, 1.54) is 0 Å². The number of hydrogen-bond acceptors (Lipinski definition) is 4. The van der Waals surface area contributed by atoms with Crippen LogP contribution in [0.4, 0.5) is 0 Å². The number of ether oxygens (including phenoxy) is 1. The summed E-state index contributed by atoms with van der Waals surface area (Å²) < 4.78 is 4.95. The molecule has 7 heteroatoms. The Morgan fingerprint density at radius 1 is 1.15 bits per heavy atom. The molecule has 1 aliphatic carbocycles. The lowest BCUT2D eigenvalue weighted by Gasteiger charge is -2.33. The maximum absolute atomic E-state index is 13.1. The lowest BCUT2D eigenvalue weighted by atomic mass is 9.84. The Morgan fingerprint density at radius 2 is 1.89 bits per heavy atom. The zero-order valence-corrected chi connectivity index (χ0v) is 15.3. The first-order valence-electron chi connectivity index (χ1n) is 9.53. The summed E-state index contributed by atoms with van der Waals surface area (Å²) >= 11 is 0. The molecule has 3 atom stereocenters. The van der Waals surface area contributed by atoms with E-state index in [2.05, 4.69) is 5.32 Å². The van der Waals surface area contributed by atoms with Crippen molar-refractivity contribution in [3.05, 3.63) is 35.9 Å². The highest BCUT2D eigenvalue weighted by Crippen LogP contribution is 2.40. The van der Waals surface area contributed by atoms with E-state index in [1.54, 1.807) is 17.0 Å². The third-order valence-electron chi connectivity index (χ3n) is 5.42. The van der Waals surface area contributed by atoms with E-state index in [9.17, 15) is 14.4 Å². The van der Waals surface area contributed by atoms with Crippen LogP contribution in [-0.2, 0) is 14.3 Å². The van der Waals surface area contributed by atoms with Gasteiger partial charge in [-0.15, -0.1) is 0 Å². The normalized spacial score (nSPS) is 24.3. The maximum atomic E-state index is 13.1. The number of carboxylic acids is 1. The van der Waals surface area contributed by atoms with Crippen molar-refractivity contribution < 1.29 is 24.2 Å². The van der Waals surface area contributed by atoms with Crippen LogP contribution in [0.5, 0.6) is 0 Å². The number of aliphatic carboxylic acids is 1. The first-order valence-corrected chi connectivity index (χ1v) is 9.53. The monoisotopic (exact) mass is 374 g/mol. The Balaban J connectivity index is 1.67. The molecule has 0 bridgehead atoms. The molecule has 3 rings (SSSR count). The number of fused-ring (bicyclic) bond motifs is 1. The molecule has 1 heterocycles. The van der Waals surface area contributed by atoms with Gasteiger partial charge >= 0.3 is 5.97 Å². The summed E-state index contributed by atoms with van der Waals surface area (Å²) in [6, 6.07) is 8.73. The van der Waals surface area contributed by atoms with Crippen LogP contribution >= 0.6 is 0 Å². The highest BCUT2D eigenvalue weighted by atomic mass is 16.5. The van der Waals surface area contributed by atoms with Gasteiger partial charge in [-0.3, -0.25) is 9.59 Å². The topological polar surface area (TPSA) is 95.9 Å². The van der Waals surface area contributed by atoms with Gasteiger partial charge in [0.05, 0.1) is 6.61 Å². The number of benzene rings is 1. The second-order valence-electron chi connectivity index (χ2n) is 7.18. The lowest BCUT2D eigenvalue weighted by Crippen LogP contribution is -2.50. The first-order chi connectivity index (χ1) is 13.1. The van der Waals surface area contributed by atoms with Crippen LogP contribution in [0, 0.1) is 5.92 Å². The lowest BCUT2D eigenvalue weighted by molar-refractivity contribution is -0.142. The summed E-state index contributed by atoms with van der Waals surface area (Å²) in [5.74, 6) is -0.953. The van der Waals surface area contributed by atoms with Crippen molar-refractivity contribution >= 4 is 17.8 Å². The SMILES string of the molecule is O=C(O)COCCNC(=O)C1CC2CCCCC2N1C(=O)c1ccccc1. The number of amides is 2. The fourth-order valence-electron chi connectivity index (χ4n) is 4.24. The van der Waals surface area contributed by atoms with Crippen molar-refractivity contribution in [1.29, 1.82) is 0 Å². The molecule has 1 saturated carbocycles. The molecule has 0 radical (unpaired) electrons. The van der Waals surface area contributed by atoms with Gasteiger partial charge in [-0.25, -0.2) is 4.79 Å². The summed E-state index contributed by atoms with van der Waals surface area (Å²) in [7, 11) is 0. The molecule has 0 aromatic heterocycles. The predicted octanol–water partition coefficient (Wildman–Crippen LogP) is 1.68. The summed E-state index contributed by atoms with van der Waals surface area (Å²) in [5.41, 5.74) is 0.603. The Kier molecular flexibility index (Phi) is 6.45. The molecule has 7 nitrogen and oxygen atoms in total. The van der Waals surface area contributed by atoms with Crippen molar-refractivity contribution in [3.63, 3.8) is 0 Å². The van der Waals surface area contributed by atoms with Gasteiger partial charge in [-0.2, -0.15) is 0 Å². The molecule has 1 aromatic rings. The minimum Gasteiger partial charge on any atom is -0.480 e. The van der Waals surface area contributed by atoms with Gasteiger partial charge in [0.15, 0.2) is 0 Å². The average Bonchev–Trinajstić information content (AvgIpc) is 3.07.